The molecule has 0 aliphatic carbocycles. The lowest BCUT2D eigenvalue weighted by Gasteiger charge is -2.00. The normalized spacial score (nSPS) is 11.9. The summed E-state index contributed by atoms with van der Waals surface area (Å²) in [5.41, 5.74) is 1.15. The third-order valence-corrected chi connectivity index (χ3v) is 1.73. The summed E-state index contributed by atoms with van der Waals surface area (Å²) in [4.78, 5) is 10.3. The number of alkyl halides is 3. The number of rotatable bonds is 3. The van der Waals surface area contributed by atoms with Crippen molar-refractivity contribution in [2.45, 2.75) is 12.6 Å². The van der Waals surface area contributed by atoms with Crippen molar-refractivity contribution in [3.63, 3.8) is 0 Å². The quantitative estimate of drug-likeness (QED) is 0.704. The highest BCUT2D eigenvalue weighted by Crippen LogP contribution is 2.20. The summed E-state index contributed by atoms with van der Waals surface area (Å²) in [6.45, 7) is 0. The Hall–Kier alpha value is -1.58. The minimum absolute atomic E-state index is 0.503. The number of allylic oxidation sites excluding steroid dienone is 1. The monoisotopic (exact) mass is 214 g/mol. The van der Waals surface area contributed by atoms with E-state index in [2.05, 4.69) is 0 Å². The molecule has 0 spiro atoms. The van der Waals surface area contributed by atoms with Gasteiger partial charge in [0.25, 0.3) is 0 Å². The molecule has 0 aliphatic rings. The van der Waals surface area contributed by atoms with Crippen LogP contribution >= 0.6 is 0 Å². The smallest absolute Gasteiger partial charge is 0.298 e. The molecule has 1 aromatic carbocycles. The number of benzene rings is 1. The Morgan fingerprint density at radius 3 is 2.07 bits per heavy atom. The summed E-state index contributed by atoms with van der Waals surface area (Å²) in [7, 11) is 0. The highest BCUT2D eigenvalue weighted by Gasteiger charge is 2.24. The second-order valence-electron chi connectivity index (χ2n) is 3.01. The van der Waals surface area contributed by atoms with Crippen molar-refractivity contribution in [1.29, 1.82) is 0 Å². The highest BCUT2D eigenvalue weighted by atomic mass is 19.4. The fourth-order valence-corrected chi connectivity index (χ4v) is 1.01. The van der Waals surface area contributed by atoms with Crippen LogP contribution in [0.1, 0.15) is 22.3 Å². The van der Waals surface area contributed by atoms with Gasteiger partial charge >= 0.3 is 6.18 Å². The van der Waals surface area contributed by atoms with E-state index in [0.29, 0.717) is 17.4 Å². The fourth-order valence-electron chi connectivity index (χ4n) is 1.01. The predicted octanol–water partition coefficient (Wildman–Crippen LogP) is 3.46. The summed E-state index contributed by atoms with van der Waals surface area (Å²) < 4.78 is 35.3. The summed E-state index contributed by atoms with van der Waals surface area (Å²) >= 11 is 0. The molecule has 0 saturated carbocycles. The topological polar surface area (TPSA) is 17.1 Å². The van der Waals surface area contributed by atoms with Crippen LogP contribution in [0.25, 0.3) is 6.08 Å². The van der Waals surface area contributed by atoms with Crippen molar-refractivity contribution < 1.29 is 18.0 Å². The molecule has 1 rings (SSSR count). The van der Waals surface area contributed by atoms with Crippen molar-refractivity contribution in [2.75, 3.05) is 0 Å². The lowest BCUT2D eigenvalue weighted by atomic mass is 10.1. The maximum atomic E-state index is 11.8. The van der Waals surface area contributed by atoms with E-state index in [0.717, 1.165) is 6.08 Å². The molecular weight excluding hydrogens is 205 g/mol. The van der Waals surface area contributed by atoms with Gasteiger partial charge in [0.15, 0.2) is 0 Å². The molecular formula is C11H9F3O. The van der Waals surface area contributed by atoms with E-state index in [1.54, 1.807) is 24.3 Å². The number of halogens is 3. The van der Waals surface area contributed by atoms with Gasteiger partial charge in [-0.25, -0.2) is 0 Å². The summed E-state index contributed by atoms with van der Waals surface area (Å²) in [5.74, 6) is 0. The third-order valence-electron chi connectivity index (χ3n) is 1.73. The average molecular weight is 214 g/mol. The lowest BCUT2D eigenvalue weighted by Crippen LogP contribution is -2.03. The molecule has 1 nitrogen and oxygen atoms in total. The molecule has 80 valence electrons. The first kappa shape index (κ1) is 11.5. The maximum absolute atomic E-state index is 11.8. The highest BCUT2D eigenvalue weighted by molar-refractivity contribution is 5.75. The number of hydrogen-bond donors (Lipinski definition) is 0. The van der Waals surface area contributed by atoms with Crippen molar-refractivity contribution >= 4 is 12.4 Å². The third kappa shape index (κ3) is 4.44. The largest absolute Gasteiger partial charge is 0.392 e. The van der Waals surface area contributed by atoms with E-state index < -0.39 is 12.6 Å². The van der Waals surface area contributed by atoms with Crippen molar-refractivity contribution in [1.82, 2.24) is 0 Å². The van der Waals surface area contributed by atoms with E-state index >= 15 is 0 Å². The summed E-state index contributed by atoms with van der Waals surface area (Å²) in [5, 5.41) is 0. The molecule has 0 radical (unpaired) electrons. The second kappa shape index (κ2) is 4.77. The van der Waals surface area contributed by atoms with Gasteiger partial charge in [0, 0.05) is 5.56 Å². The molecule has 0 unspecified atom stereocenters. The zero-order chi connectivity index (χ0) is 11.3. The van der Waals surface area contributed by atoms with Gasteiger partial charge in [-0.1, -0.05) is 36.4 Å². The van der Waals surface area contributed by atoms with E-state index in [4.69, 9.17) is 0 Å². The predicted molar refractivity (Wildman–Crippen MR) is 51.5 cm³/mol. The maximum Gasteiger partial charge on any atom is 0.392 e. The molecule has 0 fully saturated rings. The van der Waals surface area contributed by atoms with Gasteiger partial charge in [0.05, 0.1) is 6.42 Å². The second-order valence-corrected chi connectivity index (χ2v) is 3.01. The Morgan fingerprint density at radius 2 is 1.60 bits per heavy atom. The Bertz CT molecular complexity index is 349. The van der Waals surface area contributed by atoms with Crippen LogP contribution < -0.4 is 0 Å². The van der Waals surface area contributed by atoms with Crippen LogP contribution in [0.2, 0.25) is 0 Å². The molecule has 4 heteroatoms. The van der Waals surface area contributed by atoms with Crippen LogP contribution in [0.5, 0.6) is 0 Å². The SMILES string of the molecule is O=Cc1ccc(/C=C/CC(F)(F)F)cc1. The molecule has 0 heterocycles. The number of aldehydes is 1. The molecule has 0 bridgehead atoms. The first-order chi connectivity index (χ1) is 7.01. The molecule has 0 N–H and O–H groups in total. The van der Waals surface area contributed by atoms with Gasteiger partial charge in [-0.3, -0.25) is 4.79 Å². The van der Waals surface area contributed by atoms with Crippen LogP contribution in [-0.4, -0.2) is 12.5 Å². The van der Waals surface area contributed by atoms with Gasteiger partial charge in [-0.15, -0.1) is 0 Å². The Labute approximate surface area is 85.2 Å². The molecule has 0 atom stereocenters. The first-order valence-electron chi connectivity index (χ1n) is 4.30. The van der Waals surface area contributed by atoms with E-state index in [1.807, 2.05) is 0 Å². The molecule has 0 aliphatic heterocycles. The van der Waals surface area contributed by atoms with Crippen LogP contribution in [0.3, 0.4) is 0 Å². The van der Waals surface area contributed by atoms with Crippen LogP contribution in [0.15, 0.2) is 30.3 Å². The van der Waals surface area contributed by atoms with Crippen LogP contribution in [0, 0.1) is 0 Å². The van der Waals surface area contributed by atoms with E-state index in [9.17, 15) is 18.0 Å². The van der Waals surface area contributed by atoms with Gasteiger partial charge < -0.3 is 0 Å². The van der Waals surface area contributed by atoms with Gasteiger partial charge in [-0.05, 0) is 5.56 Å². The summed E-state index contributed by atoms with van der Waals surface area (Å²) in [6.07, 6.45) is -2.00. The number of hydrogen-bond acceptors (Lipinski definition) is 1. The zero-order valence-corrected chi connectivity index (χ0v) is 7.79. The van der Waals surface area contributed by atoms with E-state index in [-0.39, 0.29) is 0 Å². The average Bonchev–Trinajstić information content (AvgIpc) is 2.17. The van der Waals surface area contributed by atoms with Crippen LogP contribution in [-0.2, 0) is 0 Å². The first-order valence-corrected chi connectivity index (χ1v) is 4.30. The zero-order valence-electron chi connectivity index (χ0n) is 7.79. The standard InChI is InChI=1S/C11H9F3O/c12-11(13,14)7-1-2-9-3-5-10(8-15)6-4-9/h1-6,8H,7H2/b2-1+. The van der Waals surface area contributed by atoms with E-state index in [1.165, 1.54) is 6.08 Å². The molecule has 15 heavy (non-hydrogen) atoms. The van der Waals surface area contributed by atoms with Gasteiger partial charge in [0.1, 0.15) is 6.29 Å². The molecule has 0 aromatic heterocycles. The number of carbonyl (C=O) groups is 1. The lowest BCUT2D eigenvalue weighted by molar-refractivity contribution is -0.124. The molecule has 0 saturated heterocycles. The van der Waals surface area contributed by atoms with Crippen molar-refractivity contribution in [2.24, 2.45) is 0 Å². The Kier molecular flexibility index (Phi) is 3.66. The summed E-state index contributed by atoms with van der Waals surface area (Å²) in [6, 6.07) is 6.30. The molecule has 1 aromatic rings. The number of carbonyl (C=O) groups excluding carboxylic acids is 1. The van der Waals surface area contributed by atoms with Crippen LogP contribution in [0.4, 0.5) is 13.2 Å². The van der Waals surface area contributed by atoms with Gasteiger partial charge in [0.2, 0.25) is 0 Å². The minimum Gasteiger partial charge on any atom is -0.298 e. The fraction of sp³-hybridized carbons (Fsp3) is 0.182. The minimum atomic E-state index is -4.17. The Balaban J connectivity index is 2.61. The van der Waals surface area contributed by atoms with Gasteiger partial charge in [-0.2, -0.15) is 13.2 Å². The van der Waals surface area contributed by atoms with Crippen molar-refractivity contribution in [3.05, 3.63) is 41.5 Å². The van der Waals surface area contributed by atoms with Crippen molar-refractivity contribution in [3.8, 4) is 0 Å². The Morgan fingerprint density at radius 1 is 1.07 bits per heavy atom. The molecule has 0 amide bonds.